The monoisotopic (exact) mass is 283 g/mol. The summed E-state index contributed by atoms with van der Waals surface area (Å²) in [5.41, 5.74) is 15.0. The lowest BCUT2D eigenvalue weighted by atomic mass is 9.89. The van der Waals surface area contributed by atoms with Gasteiger partial charge in [0, 0.05) is 5.56 Å². The van der Waals surface area contributed by atoms with Gasteiger partial charge in [-0.25, -0.2) is 0 Å². The lowest BCUT2D eigenvalue weighted by Crippen LogP contribution is -2.16. The van der Waals surface area contributed by atoms with Gasteiger partial charge in [0.15, 0.2) is 0 Å². The summed E-state index contributed by atoms with van der Waals surface area (Å²) in [6.45, 7) is 10.5. The van der Waals surface area contributed by atoms with Crippen molar-refractivity contribution in [2.45, 2.75) is 40.7 Å². The second-order valence-corrected chi connectivity index (χ2v) is 5.92. The van der Waals surface area contributed by atoms with E-state index in [1.54, 1.807) is 7.11 Å². The Bertz CT molecular complexity index is 651. The third-order valence-corrected chi connectivity index (χ3v) is 4.30. The zero-order valence-corrected chi connectivity index (χ0v) is 13.9. The summed E-state index contributed by atoms with van der Waals surface area (Å²) < 4.78 is 5.62. The molecule has 0 radical (unpaired) electrons. The van der Waals surface area contributed by atoms with Gasteiger partial charge in [0.25, 0.3) is 0 Å². The van der Waals surface area contributed by atoms with Crippen LogP contribution in [0.1, 0.15) is 45.0 Å². The largest absolute Gasteiger partial charge is 0.496 e. The minimum Gasteiger partial charge on any atom is -0.496 e. The van der Waals surface area contributed by atoms with Gasteiger partial charge in [0.1, 0.15) is 5.75 Å². The summed E-state index contributed by atoms with van der Waals surface area (Å²) in [4.78, 5) is 0. The van der Waals surface area contributed by atoms with Gasteiger partial charge in [-0.1, -0.05) is 29.8 Å². The van der Waals surface area contributed by atoms with Crippen LogP contribution in [-0.4, -0.2) is 7.11 Å². The molecule has 0 aliphatic heterocycles. The molecule has 0 fully saturated rings. The SMILES string of the molecule is COc1c(C(N)c2c(C)cc(C)cc2C)ccc(C)c1C. The molecular weight excluding hydrogens is 258 g/mol. The van der Waals surface area contributed by atoms with Gasteiger partial charge in [-0.2, -0.15) is 0 Å². The Hall–Kier alpha value is -1.80. The molecule has 1 unspecified atom stereocenters. The van der Waals surface area contributed by atoms with E-state index in [1.165, 1.54) is 27.8 Å². The Labute approximate surface area is 127 Å². The average molecular weight is 283 g/mol. The molecule has 2 rings (SSSR count). The fraction of sp³-hybridized carbons (Fsp3) is 0.368. The molecule has 21 heavy (non-hydrogen) atoms. The maximum absolute atomic E-state index is 6.58. The van der Waals surface area contributed by atoms with Crippen LogP contribution < -0.4 is 10.5 Å². The maximum Gasteiger partial charge on any atom is 0.127 e. The molecule has 2 N–H and O–H groups in total. The molecule has 0 heterocycles. The Morgan fingerprint density at radius 1 is 0.905 bits per heavy atom. The second-order valence-electron chi connectivity index (χ2n) is 5.92. The van der Waals surface area contributed by atoms with Gasteiger partial charge < -0.3 is 10.5 Å². The zero-order valence-electron chi connectivity index (χ0n) is 13.9. The summed E-state index contributed by atoms with van der Waals surface area (Å²) >= 11 is 0. The molecule has 0 saturated carbocycles. The van der Waals surface area contributed by atoms with Crippen molar-refractivity contribution in [2.24, 2.45) is 5.73 Å². The lowest BCUT2D eigenvalue weighted by molar-refractivity contribution is 0.404. The van der Waals surface area contributed by atoms with Crippen LogP contribution in [0.5, 0.6) is 5.75 Å². The van der Waals surface area contributed by atoms with Crippen LogP contribution >= 0.6 is 0 Å². The predicted molar refractivity (Wildman–Crippen MR) is 89.2 cm³/mol. The van der Waals surface area contributed by atoms with Gasteiger partial charge in [-0.15, -0.1) is 0 Å². The van der Waals surface area contributed by atoms with Crippen molar-refractivity contribution in [3.63, 3.8) is 0 Å². The van der Waals surface area contributed by atoms with E-state index in [0.717, 1.165) is 16.9 Å². The molecule has 2 aromatic rings. The minimum absolute atomic E-state index is 0.167. The third-order valence-electron chi connectivity index (χ3n) is 4.30. The topological polar surface area (TPSA) is 35.2 Å². The number of ether oxygens (including phenoxy) is 1. The van der Waals surface area contributed by atoms with E-state index in [0.29, 0.717) is 0 Å². The molecule has 2 aromatic carbocycles. The van der Waals surface area contributed by atoms with Gasteiger partial charge in [0.2, 0.25) is 0 Å². The number of nitrogens with two attached hydrogens (primary N) is 1. The maximum atomic E-state index is 6.58. The molecule has 0 aliphatic rings. The summed E-state index contributed by atoms with van der Waals surface area (Å²) in [5, 5.41) is 0. The molecule has 0 amide bonds. The van der Waals surface area contributed by atoms with E-state index >= 15 is 0 Å². The fourth-order valence-electron chi connectivity index (χ4n) is 3.16. The van der Waals surface area contributed by atoms with Crippen LogP contribution in [0, 0.1) is 34.6 Å². The van der Waals surface area contributed by atoms with Gasteiger partial charge in [-0.3, -0.25) is 0 Å². The molecule has 0 bridgehead atoms. The van der Waals surface area contributed by atoms with Gasteiger partial charge >= 0.3 is 0 Å². The average Bonchev–Trinajstić information content (AvgIpc) is 2.40. The molecular formula is C19H25NO. The van der Waals surface area contributed by atoms with E-state index in [2.05, 4.69) is 58.9 Å². The Balaban J connectivity index is 2.61. The van der Waals surface area contributed by atoms with Crippen LogP contribution in [0.4, 0.5) is 0 Å². The van der Waals surface area contributed by atoms with E-state index < -0.39 is 0 Å². The van der Waals surface area contributed by atoms with Crippen LogP contribution in [-0.2, 0) is 0 Å². The first-order chi connectivity index (χ1) is 9.86. The molecule has 2 heteroatoms. The highest BCUT2D eigenvalue weighted by atomic mass is 16.5. The number of methoxy groups -OCH3 is 1. The number of hydrogen-bond acceptors (Lipinski definition) is 2. The van der Waals surface area contributed by atoms with Crippen molar-refractivity contribution in [1.29, 1.82) is 0 Å². The number of hydrogen-bond donors (Lipinski definition) is 1. The van der Waals surface area contributed by atoms with Crippen LogP contribution in [0.2, 0.25) is 0 Å². The van der Waals surface area contributed by atoms with E-state index in [4.69, 9.17) is 10.5 Å². The summed E-state index contributed by atoms with van der Waals surface area (Å²) in [6, 6.07) is 8.42. The molecule has 0 spiro atoms. The van der Waals surface area contributed by atoms with E-state index in [-0.39, 0.29) is 6.04 Å². The van der Waals surface area contributed by atoms with Crippen molar-refractivity contribution < 1.29 is 4.74 Å². The molecule has 0 aromatic heterocycles. The normalized spacial score (nSPS) is 12.3. The number of aryl methyl sites for hydroxylation is 4. The van der Waals surface area contributed by atoms with Crippen molar-refractivity contribution >= 4 is 0 Å². The lowest BCUT2D eigenvalue weighted by Gasteiger charge is -2.22. The summed E-state index contributed by atoms with van der Waals surface area (Å²) in [6.07, 6.45) is 0. The van der Waals surface area contributed by atoms with E-state index in [1.807, 2.05) is 0 Å². The molecule has 1 atom stereocenters. The molecule has 0 saturated heterocycles. The van der Waals surface area contributed by atoms with Gasteiger partial charge in [0.05, 0.1) is 13.2 Å². The van der Waals surface area contributed by atoms with Crippen molar-refractivity contribution in [3.8, 4) is 5.75 Å². The standard InChI is InChI=1S/C19H25NO/c1-11-9-13(3)17(14(4)10-11)18(20)16-8-7-12(2)15(5)19(16)21-6/h7-10,18H,20H2,1-6H3. The first-order valence-electron chi connectivity index (χ1n) is 7.34. The Kier molecular flexibility index (Phi) is 4.38. The van der Waals surface area contributed by atoms with Crippen molar-refractivity contribution in [2.75, 3.05) is 7.11 Å². The second kappa shape index (κ2) is 5.90. The minimum atomic E-state index is -0.167. The predicted octanol–water partition coefficient (Wildman–Crippen LogP) is 4.29. The highest BCUT2D eigenvalue weighted by molar-refractivity contribution is 5.52. The van der Waals surface area contributed by atoms with Crippen LogP contribution in [0.25, 0.3) is 0 Å². The Morgan fingerprint density at radius 2 is 1.48 bits per heavy atom. The van der Waals surface area contributed by atoms with Crippen molar-refractivity contribution in [1.82, 2.24) is 0 Å². The highest BCUT2D eigenvalue weighted by Gasteiger charge is 2.20. The Morgan fingerprint density at radius 3 is 2.00 bits per heavy atom. The first-order valence-corrected chi connectivity index (χ1v) is 7.34. The summed E-state index contributed by atoms with van der Waals surface area (Å²) in [7, 11) is 1.72. The van der Waals surface area contributed by atoms with Crippen LogP contribution in [0.3, 0.4) is 0 Å². The zero-order chi connectivity index (χ0) is 15.7. The third kappa shape index (κ3) is 2.81. The smallest absolute Gasteiger partial charge is 0.127 e. The molecule has 112 valence electrons. The fourth-order valence-corrected chi connectivity index (χ4v) is 3.16. The van der Waals surface area contributed by atoms with E-state index in [9.17, 15) is 0 Å². The van der Waals surface area contributed by atoms with Crippen molar-refractivity contribution in [3.05, 3.63) is 63.2 Å². The summed E-state index contributed by atoms with van der Waals surface area (Å²) in [5.74, 6) is 0.905. The first kappa shape index (κ1) is 15.6. The highest BCUT2D eigenvalue weighted by Crippen LogP contribution is 2.35. The van der Waals surface area contributed by atoms with Crippen LogP contribution in [0.15, 0.2) is 24.3 Å². The molecule has 0 aliphatic carbocycles. The number of rotatable bonds is 3. The molecule has 2 nitrogen and oxygen atoms in total. The quantitative estimate of drug-likeness (QED) is 0.912. The number of benzene rings is 2. The van der Waals surface area contributed by atoms with Gasteiger partial charge in [-0.05, 0) is 62.4 Å².